The van der Waals surface area contributed by atoms with E-state index in [4.69, 9.17) is 4.42 Å². The molecule has 3 rings (SSSR count). The third-order valence-electron chi connectivity index (χ3n) is 3.23. The first kappa shape index (κ1) is 8.06. The molecule has 0 amide bonds. The summed E-state index contributed by atoms with van der Waals surface area (Å²) in [4.78, 5) is 0. The predicted molar refractivity (Wildman–Crippen MR) is 56.2 cm³/mol. The van der Waals surface area contributed by atoms with Crippen molar-refractivity contribution in [2.24, 2.45) is 0 Å². The molecule has 1 aromatic carbocycles. The maximum atomic E-state index is 5.32. The lowest BCUT2D eigenvalue weighted by atomic mass is 10.0. The zero-order valence-corrected chi connectivity index (χ0v) is 8.21. The van der Waals surface area contributed by atoms with Crippen molar-refractivity contribution in [3.8, 4) is 0 Å². The van der Waals surface area contributed by atoms with Crippen LogP contribution in [0.15, 0.2) is 34.9 Å². The maximum absolute atomic E-state index is 5.32. The van der Waals surface area contributed by atoms with Crippen LogP contribution in [-0.4, -0.2) is 7.05 Å². The minimum atomic E-state index is 0.255. The smallest absolute Gasteiger partial charge is 0.133 e. The molecule has 2 nitrogen and oxygen atoms in total. The van der Waals surface area contributed by atoms with Crippen molar-refractivity contribution < 1.29 is 4.42 Å². The second-order valence-corrected chi connectivity index (χ2v) is 4.01. The van der Waals surface area contributed by atoms with Crippen LogP contribution < -0.4 is 5.32 Å². The average molecular weight is 187 g/mol. The summed E-state index contributed by atoms with van der Waals surface area (Å²) in [5.74, 6) is 0. The Kier molecular flexibility index (Phi) is 1.50. The number of furan rings is 1. The molecule has 1 saturated carbocycles. The number of rotatable bonds is 2. The van der Waals surface area contributed by atoms with E-state index in [0.29, 0.717) is 0 Å². The van der Waals surface area contributed by atoms with Gasteiger partial charge in [-0.2, -0.15) is 0 Å². The minimum Gasteiger partial charge on any atom is -0.464 e. The van der Waals surface area contributed by atoms with E-state index in [1.54, 1.807) is 6.26 Å². The fraction of sp³-hybridized carbons (Fsp3) is 0.333. The molecule has 0 spiro atoms. The predicted octanol–water partition coefficient (Wildman–Crippen LogP) is 2.64. The fourth-order valence-corrected chi connectivity index (χ4v) is 2.07. The van der Waals surface area contributed by atoms with Crippen LogP contribution >= 0.6 is 0 Å². The second kappa shape index (κ2) is 2.61. The first-order valence-electron chi connectivity index (χ1n) is 5.01. The normalized spacial score (nSPS) is 18.6. The molecule has 14 heavy (non-hydrogen) atoms. The molecule has 1 aliphatic rings. The van der Waals surface area contributed by atoms with Gasteiger partial charge in [0.2, 0.25) is 0 Å². The van der Waals surface area contributed by atoms with Gasteiger partial charge in [-0.1, -0.05) is 6.07 Å². The zero-order valence-electron chi connectivity index (χ0n) is 8.21. The molecule has 0 saturated heterocycles. The summed E-state index contributed by atoms with van der Waals surface area (Å²) in [6.07, 6.45) is 4.23. The first-order chi connectivity index (χ1) is 6.84. The highest BCUT2D eigenvalue weighted by molar-refractivity contribution is 5.78. The maximum Gasteiger partial charge on any atom is 0.133 e. The van der Waals surface area contributed by atoms with Gasteiger partial charge < -0.3 is 9.73 Å². The highest BCUT2D eigenvalue weighted by Crippen LogP contribution is 2.45. The lowest BCUT2D eigenvalue weighted by Crippen LogP contribution is -2.24. The highest BCUT2D eigenvalue weighted by atomic mass is 16.3. The van der Waals surface area contributed by atoms with Crippen LogP contribution in [0.3, 0.4) is 0 Å². The molecule has 0 aliphatic heterocycles. The fourth-order valence-electron chi connectivity index (χ4n) is 2.07. The van der Waals surface area contributed by atoms with Gasteiger partial charge in [0.15, 0.2) is 0 Å². The molecule has 0 radical (unpaired) electrons. The van der Waals surface area contributed by atoms with Crippen LogP contribution in [-0.2, 0) is 5.54 Å². The van der Waals surface area contributed by atoms with E-state index in [9.17, 15) is 0 Å². The topological polar surface area (TPSA) is 25.2 Å². The van der Waals surface area contributed by atoms with Crippen molar-refractivity contribution in [2.45, 2.75) is 18.4 Å². The highest BCUT2D eigenvalue weighted by Gasteiger charge is 2.42. The monoisotopic (exact) mass is 187 g/mol. The van der Waals surface area contributed by atoms with Gasteiger partial charge in [0.05, 0.1) is 6.26 Å². The SMILES string of the molecule is CNC1(c2ccc3occc3c2)CC1. The largest absolute Gasteiger partial charge is 0.464 e. The Bertz CT molecular complexity index is 468. The van der Waals surface area contributed by atoms with Gasteiger partial charge in [-0.15, -0.1) is 0 Å². The summed E-state index contributed by atoms with van der Waals surface area (Å²) in [6, 6.07) is 8.46. The van der Waals surface area contributed by atoms with Crippen LogP contribution in [0.25, 0.3) is 11.0 Å². The van der Waals surface area contributed by atoms with Crippen LogP contribution in [0.5, 0.6) is 0 Å². The number of fused-ring (bicyclic) bond motifs is 1. The second-order valence-electron chi connectivity index (χ2n) is 4.01. The van der Waals surface area contributed by atoms with Crippen LogP contribution in [0.4, 0.5) is 0 Å². The van der Waals surface area contributed by atoms with Crippen LogP contribution in [0.2, 0.25) is 0 Å². The van der Waals surface area contributed by atoms with E-state index in [2.05, 4.69) is 23.5 Å². The Hall–Kier alpha value is -1.28. The molecular formula is C12H13NO. The molecule has 1 aliphatic carbocycles. The van der Waals surface area contributed by atoms with Crippen molar-refractivity contribution in [3.63, 3.8) is 0 Å². The number of hydrogen-bond donors (Lipinski definition) is 1. The molecule has 1 heterocycles. The van der Waals surface area contributed by atoms with E-state index in [0.717, 1.165) is 5.58 Å². The molecule has 0 bridgehead atoms. The molecule has 0 atom stereocenters. The number of nitrogens with one attached hydrogen (secondary N) is 1. The molecule has 1 aromatic heterocycles. The molecule has 2 heteroatoms. The molecule has 2 aromatic rings. The van der Waals surface area contributed by atoms with Gasteiger partial charge in [0.1, 0.15) is 5.58 Å². The summed E-state index contributed by atoms with van der Waals surface area (Å²) in [5, 5.41) is 4.59. The molecule has 0 unspecified atom stereocenters. The van der Waals surface area contributed by atoms with Gasteiger partial charge in [-0.25, -0.2) is 0 Å². The van der Waals surface area contributed by atoms with Gasteiger partial charge in [0.25, 0.3) is 0 Å². The Morgan fingerprint density at radius 2 is 2.14 bits per heavy atom. The lowest BCUT2D eigenvalue weighted by Gasteiger charge is -2.14. The minimum absolute atomic E-state index is 0.255. The van der Waals surface area contributed by atoms with Crippen molar-refractivity contribution in [2.75, 3.05) is 7.05 Å². The van der Waals surface area contributed by atoms with Gasteiger partial charge in [-0.05, 0) is 43.7 Å². The summed E-state index contributed by atoms with van der Waals surface area (Å²) in [7, 11) is 2.03. The summed E-state index contributed by atoms with van der Waals surface area (Å²) in [5.41, 5.74) is 2.61. The number of benzene rings is 1. The van der Waals surface area contributed by atoms with E-state index >= 15 is 0 Å². The van der Waals surface area contributed by atoms with Crippen molar-refractivity contribution in [1.82, 2.24) is 5.32 Å². The Morgan fingerprint density at radius 1 is 1.29 bits per heavy atom. The molecule has 1 N–H and O–H groups in total. The van der Waals surface area contributed by atoms with E-state index in [-0.39, 0.29) is 5.54 Å². The molecule has 1 fully saturated rings. The van der Waals surface area contributed by atoms with E-state index in [1.165, 1.54) is 23.8 Å². The zero-order chi connectivity index (χ0) is 9.60. The summed E-state index contributed by atoms with van der Waals surface area (Å²) < 4.78 is 5.32. The Labute approximate surface area is 82.9 Å². The first-order valence-corrected chi connectivity index (χ1v) is 5.01. The van der Waals surface area contributed by atoms with Gasteiger partial charge in [0, 0.05) is 10.9 Å². The van der Waals surface area contributed by atoms with Crippen molar-refractivity contribution >= 4 is 11.0 Å². The Balaban J connectivity index is 2.13. The van der Waals surface area contributed by atoms with Gasteiger partial charge in [-0.3, -0.25) is 0 Å². The Morgan fingerprint density at radius 3 is 2.86 bits per heavy atom. The molecule has 72 valence electrons. The van der Waals surface area contributed by atoms with E-state index < -0.39 is 0 Å². The summed E-state index contributed by atoms with van der Waals surface area (Å²) in [6.45, 7) is 0. The third kappa shape index (κ3) is 1.01. The average Bonchev–Trinajstić information content (AvgIpc) is 2.89. The quantitative estimate of drug-likeness (QED) is 0.781. The summed E-state index contributed by atoms with van der Waals surface area (Å²) >= 11 is 0. The van der Waals surface area contributed by atoms with Gasteiger partial charge >= 0.3 is 0 Å². The van der Waals surface area contributed by atoms with Crippen LogP contribution in [0, 0.1) is 0 Å². The standard InChI is InChI=1S/C12H13NO/c1-13-12(5-6-12)10-2-3-11-9(8-10)4-7-14-11/h2-4,7-8,13H,5-6H2,1H3. The lowest BCUT2D eigenvalue weighted by molar-refractivity contribution is 0.585. The van der Waals surface area contributed by atoms with Crippen molar-refractivity contribution in [1.29, 1.82) is 0 Å². The number of hydrogen-bond acceptors (Lipinski definition) is 2. The van der Waals surface area contributed by atoms with Crippen LogP contribution in [0.1, 0.15) is 18.4 Å². The van der Waals surface area contributed by atoms with Crippen molar-refractivity contribution in [3.05, 3.63) is 36.1 Å². The third-order valence-corrected chi connectivity index (χ3v) is 3.23. The molecular weight excluding hydrogens is 174 g/mol. The van der Waals surface area contributed by atoms with E-state index in [1.807, 2.05) is 13.1 Å².